The average Bonchev–Trinajstić information content (AvgIpc) is 3.10. The van der Waals surface area contributed by atoms with E-state index in [1.807, 2.05) is 6.07 Å². The van der Waals surface area contributed by atoms with Crippen molar-refractivity contribution in [3.8, 4) is 0 Å². The summed E-state index contributed by atoms with van der Waals surface area (Å²) in [4.78, 5) is 14.8. The number of nitrogens with zero attached hydrogens (tertiary/aromatic N) is 1. The molecular formula is C21H20ClFN2O. The predicted octanol–water partition coefficient (Wildman–Crippen LogP) is 4.82. The second-order valence-corrected chi connectivity index (χ2v) is 7.22. The standard InChI is InChI=1S/C21H20ClFN2O/c22-18-3-1-4-19(23)16(18)8-9-21(26)24-15-7-6-14-10-12-25-11-2-5-20(25)17(14)13-15/h1,3-4,6-9,13,20H,2,5,10-12H2,(H,24,26)/b9-8+. The summed E-state index contributed by atoms with van der Waals surface area (Å²) < 4.78 is 13.8. The van der Waals surface area contributed by atoms with Crippen LogP contribution in [-0.4, -0.2) is 23.9 Å². The summed E-state index contributed by atoms with van der Waals surface area (Å²) in [5.74, 6) is -0.750. The molecule has 1 unspecified atom stereocenters. The fourth-order valence-electron chi connectivity index (χ4n) is 3.93. The van der Waals surface area contributed by atoms with E-state index in [9.17, 15) is 9.18 Å². The molecule has 0 saturated carbocycles. The number of benzene rings is 2. The summed E-state index contributed by atoms with van der Waals surface area (Å²) in [6.07, 6.45) is 6.18. The average molecular weight is 371 g/mol. The first kappa shape index (κ1) is 17.3. The number of hydrogen-bond acceptors (Lipinski definition) is 2. The highest BCUT2D eigenvalue weighted by molar-refractivity contribution is 6.32. The number of carbonyl (C=O) groups is 1. The van der Waals surface area contributed by atoms with Crippen molar-refractivity contribution in [1.82, 2.24) is 4.90 Å². The monoisotopic (exact) mass is 370 g/mol. The van der Waals surface area contributed by atoms with E-state index in [-0.39, 0.29) is 16.5 Å². The highest BCUT2D eigenvalue weighted by Gasteiger charge is 2.31. The lowest BCUT2D eigenvalue weighted by molar-refractivity contribution is -0.111. The molecule has 134 valence electrons. The second-order valence-electron chi connectivity index (χ2n) is 6.82. The van der Waals surface area contributed by atoms with Crippen LogP contribution in [0.3, 0.4) is 0 Å². The van der Waals surface area contributed by atoms with Gasteiger partial charge in [0.25, 0.3) is 0 Å². The van der Waals surface area contributed by atoms with E-state index >= 15 is 0 Å². The number of carbonyl (C=O) groups excluding carboxylic acids is 1. The van der Waals surface area contributed by atoms with Crippen molar-refractivity contribution < 1.29 is 9.18 Å². The molecule has 1 atom stereocenters. The molecule has 5 heteroatoms. The largest absolute Gasteiger partial charge is 0.323 e. The normalized spacial score (nSPS) is 19.4. The lowest BCUT2D eigenvalue weighted by atomic mass is 9.92. The van der Waals surface area contributed by atoms with Crippen LogP contribution >= 0.6 is 11.6 Å². The third-order valence-corrected chi connectivity index (χ3v) is 5.54. The van der Waals surface area contributed by atoms with Gasteiger partial charge in [-0.05, 0) is 67.3 Å². The highest BCUT2D eigenvalue weighted by Crippen LogP contribution is 2.38. The van der Waals surface area contributed by atoms with Crippen LogP contribution in [0.5, 0.6) is 0 Å². The molecule has 0 spiro atoms. The van der Waals surface area contributed by atoms with E-state index in [0.717, 1.165) is 25.2 Å². The summed E-state index contributed by atoms with van der Waals surface area (Å²) in [7, 11) is 0. The Morgan fingerprint density at radius 2 is 2.15 bits per heavy atom. The molecule has 26 heavy (non-hydrogen) atoms. The first-order valence-corrected chi connectivity index (χ1v) is 9.29. The SMILES string of the molecule is O=C(/C=C/c1c(F)cccc1Cl)Nc1ccc2c(c1)C1CCCN1CC2. The van der Waals surface area contributed by atoms with Gasteiger partial charge in [-0.25, -0.2) is 4.39 Å². The molecule has 2 aromatic carbocycles. The number of fused-ring (bicyclic) bond motifs is 3. The lowest BCUT2D eigenvalue weighted by Crippen LogP contribution is -2.30. The summed E-state index contributed by atoms with van der Waals surface area (Å²) in [5.41, 5.74) is 3.69. The van der Waals surface area contributed by atoms with Crippen LogP contribution in [0, 0.1) is 5.82 Å². The van der Waals surface area contributed by atoms with E-state index in [2.05, 4.69) is 22.3 Å². The van der Waals surface area contributed by atoms with Crippen molar-refractivity contribution in [2.24, 2.45) is 0 Å². The van der Waals surface area contributed by atoms with Crippen LogP contribution in [0.4, 0.5) is 10.1 Å². The van der Waals surface area contributed by atoms with Gasteiger partial charge in [0.2, 0.25) is 5.91 Å². The van der Waals surface area contributed by atoms with Gasteiger partial charge in [-0.2, -0.15) is 0 Å². The number of rotatable bonds is 3. The van der Waals surface area contributed by atoms with E-state index in [1.54, 1.807) is 6.07 Å². The van der Waals surface area contributed by atoms with Crippen molar-refractivity contribution in [3.63, 3.8) is 0 Å². The number of nitrogens with one attached hydrogen (secondary N) is 1. The minimum absolute atomic E-state index is 0.219. The van der Waals surface area contributed by atoms with Gasteiger partial charge in [0.1, 0.15) is 5.82 Å². The molecule has 2 aliphatic heterocycles. The first-order chi connectivity index (χ1) is 12.6. The maximum Gasteiger partial charge on any atom is 0.248 e. The second kappa shape index (κ2) is 7.22. The van der Waals surface area contributed by atoms with Crippen molar-refractivity contribution in [3.05, 3.63) is 70.0 Å². The Kier molecular flexibility index (Phi) is 4.79. The van der Waals surface area contributed by atoms with E-state index < -0.39 is 5.82 Å². The zero-order valence-electron chi connectivity index (χ0n) is 14.3. The van der Waals surface area contributed by atoms with Gasteiger partial charge in [-0.15, -0.1) is 0 Å². The molecule has 2 aromatic rings. The van der Waals surface area contributed by atoms with Gasteiger partial charge in [-0.3, -0.25) is 9.69 Å². The summed E-state index contributed by atoms with van der Waals surface area (Å²) in [5, 5.41) is 3.15. The third kappa shape index (κ3) is 3.39. The number of halogens is 2. The fourth-order valence-corrected chi connectivity index (χ4v) is 4.16. The smallest absolute Gasteiger partial charge is 0.248 e. The van der Waals surface area contributed by atoms with Crippen molar-refractivity contribution >= 4 is 29.3 Å². The molecule has 4 rings (SSSR count). The zero-order chi connectivity index (χ0) is 18.1. The molecule has 2 heterocycles. The van der Waals surface area contributed by atoms with Gasteiger partial charge in [0.05, 0.1) is 5.02 Å². The maximum atomic E-state index is 13.8. The van der Waals surface area contributed by atoms with Crippen molar-refractivity contribution in [1.29, 1.82) is 0 Å². The first-order valence-electron chi connectivity index (χ1n) is 8.92. The summed E-state index contributed by atoms with van der Waals surface area (Å²) >= 11 is 5.98. The Morgan fingerprint density at radius 1 is 1.27 bits per heavy atom. The fraction of sp³-hybridized carbons (Fsp3) is 0.286. The van der Waals surface area contributed by atoms with E-state index in [1.165, 1.54) is 48.3 Å². The van der Waals surface area contributed by atoms with Gasteiger partial charge < -0.3 is 5.32 Å². The Morgan fingerprint density at radius 3 is 3.00 bits per heavy atom. The molecule has 0 aromatic heterocycles. The summed E-state index contributed by atoms with van der Waals surface area (Å²) in [6.45, 7) is 2.28. The van der Waals surface area contributed by atoms with Gasteiger partial charge in [-0.1, -0.05) is 23.7 Å². The van der Waals surface area contributed by atoms with Gasteiger partial charge in [0.15, 0.2) is 0 Å². The Hall–Kier alpha value is -2.17. The zero-order valence-corrected chi connectivity index (χ0v) is 15.1. The predicted molar refractivity (Wildman–Crippen MR) is 103 cm³/mol. The maximum absolute atomic E-state index is 13.8. The van der Waals surface area contributed by atoms with Crippen LogP contribution in [0.2, 0.25) is 5.02 Å². The number of anilines is 1. The molecule has 1 saturated heterocycles. The Balaban J connectivity index is 1.50. The Bertz CT molecular complexity index is 860. The number of amides is 1. The molecular weight excluding hydrogens is 351 g/mol. The van der Waals surface area contributed by atoms with Crippen LogP contribution in [-0.2, 0) is 11.2 Å². The third-order valence-electron chi connectivity index (χ3n) is 5.21. The van der Waals surface area contributed by atoms with Gasteiger partial charge in [0, 0.05) is 29.9 Å². The molecule has 1 amide bonds. The molecule has 0 radical (unpaired) electrons. The number of hydrogen-bond donors (Lipinski definition) is 1. The van der Waals surface area contributed by atoms with E-state index in [0.29, 0.717) is 6.04 Å². The molecule has 0 aliphatic carbocycles. The molecule has 1 N–H and O–H groups in total. The molecule has 0 bridgehead atoms. The van der Waals surface area contributed by atoms with Crippen molar-refractivity contribution in [2.75, 3.05) is 18.4 Å². The minimum atomic E-state index is -0.448. The van der Waals surface area contributed by atoms with E-state index in [4.69, 9.17) is 11.6 Å². The van der Waals surface area contributed by atoms with Crippen LogP contribution in [0.1, 0.15) is 35.6 Å². The van der Waals surface area contributed by atoms with Crippen LogP contribution in [0.15, 0.2) is 42.5 Å². The van der Waals surface area contributed by atoms with Crippen LogP contribution in [0.25, 0.3) is 6.08 Å². The van der Waals surface area contributed by atoms with Gasteiger partial charge >= 0.3 is 0 Å². The Labute approximate surface area is 157 Å². The lowest BCUT2D eigenvalue weighted by Gasteiger charge is -2.32. The molecule has 2 aliphatic rings. The quantitative estimate of drug-likeness (QED) is 0.785. The van der Waals surface area contributed by atoms with Crippen molar-refractivity contribution in [2.45, 2.75) is 25.3 Å². The molecule has 3 nitrogen and oxygen atoms in total. The molecule has 1 fully saturated rings. The minimum Gasteiger partial charge on any atom is -0.323 e. The topological polar surface area (TPSA) is 32.3 Å². The highest BCUT2D eigenvalue weighted by atomic mass is 35.5. The summed E-state index contributed by atoms with van der Waals surface area (Å²) in [6, 6.07) is 11.1. The van der Waals surface area contributed by atoms with Crippen LogP contribution < -0.4 is 5.32 Å².